The summed E-state index contributed by atoms with van der Waals surface area (Å²) < 4.78 is 2.97. The summed E-state index contributed by atoms with van der Waals surface area (Å²) in [7, 11) is 0. The van der Waals surface area contributed by atoms with Gasteiger partial charge in [0.05, 0.1) is 0 Å². The van der Waals surface area contributed by atoms with Crippen LogP contribution in [0.25, 0.3) is 0 Å². The van der Waals surface area contributed by atoms with E-state index in [2.05, 4.69) is 4.06 Å². The summed E-state index contributed by atoms with van der Waals surface area (Å²) in [6, 6.07) is 7.20. The van der Waals surface area contributed by atoms with E-state index >= 15 is 0 Å². The van der Waals surface area contributed by atoms with Gasteiger partial charge in [0, 0.05) is 0 Å². The normalized spacial score (nSPS) is 9.11. The molecule has 9 heavy (non-hydrogen) atoms. The van der Waals surface area contributed by atoms with Gasteiger partial charge in [-0.3, -0.25) is 0 Å². The first-order valence-electron chi connectivity index (χ1n) is 2.65. The molecule has 2 nitrogen and oxygen atoms in total. The van der Waals surface area contributed by atoms with E-state index in [0.29, 0.717) is 5.75 Å². The molecular formula is C6H6NOZn. The summed E-state index contributed by atoms with van der Waals surface area (Å²) in [4.78, 5) is 0. The van der Waals surface area contributed by atoms with Crippen LogP contribution < -0.4 is 4.06 Å². The number of phenols is 1. The number of benzene rings is 1. The molecule has 43 valence electrons. The number of aromatic hydroxyl groups is 1. The molecule has 0 amide bonds. The number of nitrogens with one attached hydrogen (secondary N) is 1. The maximum atomic E-state index is 9.07. The molecule has 0 heterocycles. The van der Waals surface area contributed by atoms with Crippen LogP contribution >= 0.6 is 0 Å². The van der Waals surface area contributed by atoms with Crippen LogP contribution in [0.2, 0.25) is 0 Å². The van der Waals surface area contributed by atoms with Crippen molar-refractivity contribution >= 4 is 5.69 Å². The van der Waals surface area contributed by atoms with Crippen molar-refractivity contribution in [3.8, 4) is 5.75 Å². The Kier molecular flexibility index (Phi) is 2.07. The van der Waals surface area contributed by atoms with Gasteiger partial charge in [0.25, 0.3) is 0 Å². The fraction of sp³-hybridized carbons (Fsp3) is 0. The molecule has 0 aromatic heterocycles. The van der Waals surface area contributed by atoms with Gasteiger partial charge in [0.1, 0.15) is 0 Å². The summed E-state index contributed by atoms with van der Waals surface area (Å²) in [5.41, 5.74) is 0.817. The maximum absolute atomic E-state index is 9.07. The third-order valence-corrected chi connectivity index (χ3v) is 1.89. The number of phenolic OH excluding ortho intramolecular Hbond substituents is 1. The van der Waals surface area contributed by atoms with E-state index in [4.69, 9.17) is 5.11 Å². The minimum atomic E-state index is 0.323. The molecule has 2 N–H and O–H groups in total. The first-order chi connectivity index (χ1) is 4.34. The molecule has 0 saturated heterocycles. The fourth-order valence-corrected chi connectivity index (χ4v) is 1.25. The molecule has 3 heteroatoms. The van der Waals surface area contributed by atoms with E-state index < -0.39 is 0 Å². The van der Waals surface area contributed by atoms with Crippen LogP contribution in [0.5, 0.6) is 5.75 Å². The first-order valence-corrected chi connectivity index (χ1v) is 4.14. The molecule has 1 aromatic rings. The summed E-state index contributed by atoms with van der Waals surface area (Å²) in [5, 5.41) is 9.07. The Morgan fingerprint density at radius 2 is 2.00 bits per heavy atom. The molecule has 0 fully saturated rings. The van der Waals surface area contributed by atoms with Gasteiger partial charge in [-0.2, -0.15) is 0 Å². The molecule has 0 aliphatic rings. The molecule has 1 aromatic carbocycles. The molecule has 0 bridgehead atoms. The van der Waals surface area contributed by atoms with Crippen LogP contribution in [-0.4, -0.2) is 5.11 Å². The third-order valence-electron chi connectivity index (χ3n) is 1.09. The monoisotopic (exact) mass is 172 g/mol. The Hall–Kier alpha value is -0.557. The van der Waals surface area contributed by atoms with Crippen LogP contribution in [0.15, 0.2) is 24.3 Å². The van der Waals surface area contributed by atoms with Crippen LogP contribution in [0.1, 0.15) is 0 Å². The van der Waals surface area contributed by atoms with Gasteiger partial charge in [0.15, 0.2) is 0 Å². The second-order valence-electron chi connectivity index (χ2n) is 1.69. The topological polar surface area (TPSA) is 32.3 Å². The zero-order chi connectivity index (χ0) is 6.69. The quantitative estimate of drug-likeness (QED) is 0.495. The molecule has 0 spiro atoms. The zero-order valence-corrected chi connectivity index (χ0v) is 7.93. The third kappa shape index (κ3) is 1.42. The average Bonchev–Trinajstić information content (AvgIpc) is 1.89. The fourth-order valence-electron chi connectivity index (χ4n) is 0.623. The second-order valence-corrected chi connectivity index (χ2v) is 2.44. The van der Waals surface area contributed by atoms with Gasteiger partial charge in [-0.15, -0.1) is 0 Å². The van der Waals surface area contributed by atoms with Gasteiger partial charge >= 0.3 is 63.4 Å². The van der Waals surface area contributed by atoms with Gasteiger partial charge in [0.2, 0.25) is 0 Å². The Morgan fingerprint density at radius 3 is 2.44 bits per heavy atom. The number of hydrogen-bond donors (Lipinski definition) is 2. The molecule has 0 saturated carbocycles. The number of para-hydroxylation sites is 2. The molecule has 0 radical (unpaired) electrons. The van der Waals surface area contributed by atoms with Crippen molar-refractivity contribution in [3.63, 3.8) is 0 Å². The van der Waals surface area contributed by atoms with Crippen molar-refractivity contribution in [2.75, 3.05) is 4.06 Å². The summed E-state index contributed by atoms with van der Waals surface area (Å²) in [5.74, 6) is 0.323. The van der Waals surface area contributed by atoms with Crippen molar-refractivity contribution in [2.24, 2.45) is 0 Å². The van der Waals surface area contributed by atoms with Crippen LogP contribution in [0, 0.1) is 0 Å². The van der Waals surface area contributed by atoms with E-state index in [1.807, 2.05) is 12.1 Å². The van der Waals surface area contributed by atoms with E-state index in [-0.39, 0.29) is 0 Å². The second kappa shape index (κ2) is 2.83. The van der Waals surface area contributed by atoms with Gasteiger partial charge in [-0.25, -0.2) is 0 Å². The van der Waals surface area contributed by atoms with Gasteiger partial charge in [-0.1, -0.05) is 0 Å². The van der Waals surface area contributed by atoms with Crippen molar-refractivity contribution in [1.29, 1.82) is 0 Å². The molecular weight excluding hydrogens is 167 g/mol. The van der Waals surface area contributed by atoms with E-state index in [1.54, 1.807) is 12.1 Å². The van der Waals surface area contributed by atoms with Crippen LogP contribution in [0.3, 0.4) is 0 Å². The number of hydrogen-bond acceptors (Lipinski definition) is 2. The van der Waals surface area contributed by atoms with Crippen molar-refractivity contribution in [2.45, 2.75) is 0 Å². The molecule has 0 aliphatic heterocycles. The Bertz CT molecular complexity index is 202. The first kappa shape index (κ1) is 6.56. The molecule has 0 unspecified atom stereocenters. The predicted molar refractivity (Wildman–Crippen MR) is 31.7 cm³/mol. The minimum absolute atomic E-state index is 0.323. The summed E-state index contributed by atoms with van der Waals surface area (Å²) in [6.45, 7) is 0. The Labute approximate surface area is 63.8 Å². The predicted octanol–water partition coefficient (Wildman–Crippen LogP) is 1.27. The SMILES string of the molecule is Oc1ccccc1[NH][Zn]. The van der Waals surface area contributed by atoms with Crippen molar-refractivity contribution in [1.82, 2.24) is 0 Å². The van der Waals surface area contributed by atoms with Gasteiger partial charge < -0.3 is 0 Å². The number of anilines is 1. The van der Waals surface area contributed by atoms with Crippen LogP contribution in [-0.2, 0) is 18.5 Å². The summed E-state index contributed by atoms with van der Waals surface area (Å²) >= 11 is 0.956. The van der Waals surface area contributed by atoms with Crippen molar-refractivity contribution < 1.29 is 23.6 Å². The van der Waals surface area contributed by atoms with E-state index in [9.17, 15) is 0 Å². The molecule has 1 rings (SSSR count). The molecule has 0 atom stereocenters. The molecule has 0 aliphatic carbocycles. The summed E-state index contributed by atoms with van der Waals surface area (Å²) in [6.07, 6.45) is 0. The van der Waals surface area contributed by atoms with Crippen LogP contribution in [0.4, 0.5) is 5.69 Å². The Balaban J connectivity index is 3.01. The van der Waals surface area contributed by atoms with E-state index in [0.717, 1.165) is 24.2 Å². The van der Waals surface area contributed by atoms with Gasteiger partial charge in [-0.05, 0) is 0 Å². The zero-order valence-electron chi connectivity index (χ0n) is 4.96. The Morgan fingerprint density at radius 1 is 1.33 bits per heavy atom. The standard InChI is InChI=1S/C6H6NO.Zn/c7-5-3-1-2-4-6(5)8;/h1-4,7-8H;/q-1;+1. The van der Waals surface area contributed by atoms with Crippen molar-refractivity contribution in [3.05, 3.63) is 24.3 Å². The number of rotatable bonds is 1. The average molecular weight is 174 g/mol. The van der Waals surface area contributed by atoms with E-state index in [1.165, 1.54) is 0 Å².